The van der Waals surface area contributed by atoms with Crippen LogP contribution in [0, 0.1) is 19.7 Å². The highest BCUT2D eigenvalue weighted by atomic mass is 32.1. The van der Waals surface area contributed by atoms with Gasteiger partial charge < -0.3 is 9.13 Å². The molecule has 11 rings (SSSR count). The lowest BCUT2D eigenvalue weighted by Gasteiger charge is -2.10. The number of hydrogen-bond acceptors (Lipinski definition) is 2. The van der Waals surface area contributed by atoms with Crippen LogP contribution in [0.5, 0.6) is 0 Å². The van der Waals surface area contributed by atoms with E-state index in [-0.39, 0.29) is 0 Å². The number of nitrogens with zero attached hydrogens (tertiary/aromatic N) is 5. The first-order chi connectivity index (χ1) is 25.6. The highest BCUT2D eigenvalue weighted by Crippen LogP contribution is 2.50. The SMILES string of the molecule is [C-]#[N+]c1ccc2c(c1)c1ccccc1n2-c1ccc2sc3ccc(-n4c5ccccc5c5c([N+]#[C-])c6sc7c([N+]#[C-])cccc7c6cc54)cc3c2c1. The van der Waals surface area contributed by atoms with Crippen LogP contribution in [0.3, 0.4) is 0 Å². The van der Waals surface area contributed by atoms with Crippen LogP contribution in [0.4, 0.5) is 17.1 Å². The molecule has 0 aliphatic carbocycles. The van der Waals surface area contributed by atoms with Gasteiger partial charge in [0.1, 0.15) is 0 Å². The van der Waals surface area contributed by atoms with Gasteiger partial charge >= 0.3 is 0 Å². The molecule has 4 heterocycles. The van der Waals surface area contributed by atoms with Gasteiger partial charge in [0.15, 0.2) is 5.69 Å². The van der Waals surface area contributed by atoms with E-state index in [1.165, 1.54) is 20.2 Å². The van der Waals surface area contributed by atoms with E-state index in [0.29, 0.717) is 17.1 Å². The van der Waals surface area contributed by atoms with Crippen LogP contribution < -0.4 is 0 Å². The molecule has 5 nitrogen and oxygen atoms in total. The fourth-order valence-corrected chi connectivity index (χ4v) is 10.5. The smallest absolute Gasteiger partial charge is 0.214 e. The quantitative estimate of drug-likeness (QED) is 0.161. The van der Waals surface area contributed by atoms with E-state index in [1.807, 2.05) is 30.3 Å². The Kier molecular flexibility index (Phi) is 5.84. The van der Waals surface area contributed by atoms with Gasteiger partial charge in [0, 0.05) is 57.2 Å². The molecule has 238 valence electrons. The number of thiophene rings is 2. The van der Waals surface area contributed by atoms with E-state index in [2.05, 4.69) is 121 Å². The molecule has 0 fully saturated rings. The average Bonchev–Trinajstić information content (AvgIpc) is 3.94. The summed E-state index contributed by atoms with van der Waals surface area (Å²) in [6.07, 6.45) is 0. The van der Waals surface area contributed by atoms with Gasteiger partial charge in [-0.25, -0.2) is 14.5 Å². The first-order valence-electron chi connectivity index (χ1n) is 16.7. The van der Waals surface area contributed by atoms with Crippen LogP contribution in [0.1, 0.15) is 0 Å². The van der Waals surface area contributed by atoms with Crippen molar-refractivity contribution >= 4 is 124 Å². The van der Waals surface area contributed by atoms with E-state index >= 15 is 0 Å². The van der Waals surface area contributed by atoms with Gasteiger partial charge in [0.05, 0.1) is 36.3 Å². The molecule has 0 aliphatic heterocycles. The zero-order valence-corrected chi connectivity index (χ0v) is 28.8. The molecule has 7 aromatic carbocycles. The maximum atomic E-state index is 8.39. The number of hydrogen-bond donors (Lipinski definition) is 0. The van der Waals surface area contributed by atoms with E-state index in [1.54, 1.807) is 22.7 Å². The normalized spacial score (nSPS) is 11.8. The zero-order chi connectivity index (χ0) is 34.7. The van der Waals surface area contributed by atoms with Crippen molar-refractivity contribution < 1.29 is 0 Å². The van der Waals surface area contributed by atoms with E-state index in [4.69, 9.17) is 19.7 Å². The minimum Gasteiger partial charge on any atom is -0.311 e. The van der Waals surface area contributed by atoms with Crippen LogP contribution >= 0.6 is 22.7 Å². The summed E-state index contributed by atoms with van der Waals surface area (Å²) in [5.41, 5.74) is 8.22. The molecule has 0 saturated carbocycles. The fraction of sp³-hybridized carbons (Fsp3) is 0. The molecular weight excluding hydrogens is 675 g/mol. The topological polar surface area (TPSA) is 22.9 Å². The lowest BCUT2D eigenvalue weighted by molar-refractivity contribution is 1.19. The van der Waals surface area contributed by atoms with Crippen molar-refractivity contribution in [1.82, 2.24) is 9.13 Å². The Bertz CT molecular complexity index is 3520. The zero-order valence-electron chi connectivity index (χ0n) is 27.2. The second-order valence-corrected chi connectivity index (χ2v) is 15.1. The second kappa shape index (κ2) is 10.5. The summed E-state index contributed by atoms with van der Waals surface area (Å²) in [4.78, 5) is 11.7. The summed E-state index contributed by atoms with van der Waals surface area (Å²) in [7, 11) is 0. The van der Waals surface area contributed by atoms with Crippen molar-refractivity contribution in [1.29, 1.82) is 0 Å². The summed E-state index contributed by atoms with van der Waals surface area (Å²) in [6, 6.07) is 44.2. The molecule has 0 bridgehead atoms. The lowest BCUT2D eigenvalue weighted by atomic mass is 10.1. The third kappa shape index (κ3) is 3.77. The Morgan fingerprint density at radius 1 is 0.423 bits per heavy atom. The standard InChI is InChI=1S/C45H21N5S2/c1-46-25-15-18-38-31(21-25)28-9-4-6-13-36(28)49(38)26-16-19-40-32(22-26)33-23-27(17-20-41(33)51-40)50-37-14-7-5-10-30(37)42-39(50)24-34-29-11-8-12-35(47-2)44(29)52-45(34)43(42)48-3/h4-24H. The van der Waals surface area contributed by atoms with Crippen LogP contribution in [0.2, 0.25) is 0 Å². The van der Waals surface area contributed by atoms with Crippen LogP contribution in [-0.2, 0) is 0 Å². The Labute approximate surface area is 304 Å². The number of benzene rings is 7. The van der Waals surface area contributed by atoms with Gasteiger partial charge in [-0.2, -0.15) is 11.3 Å². The maximum Gasteiger partial charge on any atom is 0.214 e. The number of rotatable bonds is 2. The second-order valence-electron chi connectivity index (χ2n) is 13.0. The molecule has 0 amide bonds. The molecule has 0 radical (unpaired) electrons. The molecule has 4 aromatic heterocycles. The van der Waals surface area contributed by atoms with E-state index in [9.17, 15) is 0 Å². The van der Waals surface area contributed by atoms with Gasteiger partial charge in [-0.3, -0.25) is 0 Å². The minimum absolute atomic E-state index is 0.621. The van der Waals surface area contributed by atoms with E-state index < -0.39 is 0 Å². The summed E-state index contributed by atoms with van der Waals surface area (Å²) >= 11 is 3.34. The molecule has 0 aliphatic rings. The predicted octanol–water partition coefficient (Wildman–Crippen LogP) is 14.3. The number of fused-ring (bicyclic) bond motifs is 12. The molecule has 7 heteroatoms. The first-order valence-corrected chi connectivity index (χ1v) is 18.3. The number of aromatic nitrogens is 2. The Morgan fingerprint density at radius 2 is 1.08 bits per heavy atom. The third-order valence-corrected chi connectivity index (χ3v) is 12.8. The van der Waals surface area contributed by atoms with Crippen molar-refractivity contribution in [3.8, 4) is 11.4 Å². The Morgan fingerprint density at radius 3 is 1.79 bits per heavy atom. The molecule has 0 saturated heterocycles. The van der Waals surface area contributed by atoms with Crippen molar-refractivity contribution in [2.45, 2.75) is 0 Å². The minimum atomic E-state index is 0.621. The molecule has 52 heavy (non-hydrogen) atoms. The van der Waals surface area contributed by atoms with Crippen molar-refractivity contribution in [2.75, 3.05) is 0 Å². The Balaban J connectivity index is 1.19. The summed E-state index contributed by atoms with van der Waals surface area (Å²) in [5, 5.41) is 8.57. The van der Waals surface area contributed by atoms with Crippen molar-refractivity contribution in [3.63, 3.8) is 0 Å². The lowest BCUT2D eigenvalue weighted by Crippen LogP contribution is -1.94. The van der Waals surface area contributed by atoms with Gasteiger partial charge in [-0.1, -0.05) is 60.7 Å². The number of para-hydroxylation sites is 2. The van der Waals surface area contributed by atoms with Crippen LogP contribution in [0.25, 0.3) is 110 Å². The molecular formula is C45H21N5S2. The summed E-state index contributed by atoms with van der Waals surface area (Å²) in [6.45, 7) is 23.8. The van der Waals surface area contributed by atoms with Crippen molar-refractivity contribution in [3.05, 3.63) is 162 Å². The van der Waals surface area contributed by atoms with Gasteiger partial charge in [0.25, 0.3) is 0 Å². The monoisotopic (exact) mass is 695 g/mol. The van der Waals surface area contributed by atoms with Crippen LogP contribution in [-0.4, -0.2) is 9.13 Å². The predicted molar refractivity (Wildman–Crippen MR) is 220 cm³/mol. The van der Waals surface area contributed by atoms with E-state index in [0.717, 1.165) is 75.2 Å². The summed E-state index contributed by atoms with van der Waals surface area (Å²) in [5.74, 6) is 0. The Hall–Kier alpha value is -6.95. The molecule has 0 atom stereocenters. The van der Waals surface area contributed by atoms with Crippen molar-refractivity contribution in [2.24, 2.45) is 0 Å². The third-order valence-electron chi connectivity index (χ3n) is 10.3. The maximum absolute atomic E-state index is 8.39. The van der Waals surface area contributed by atoms with Gasteiger partial charge in [-0.15, -0.1) is 11.3 Å². The average molecular weight is 696 g/mol. The highest BCUT2D eigenvalue weighted by molar-refractivity contribution is 7.27. The van der Waals surface area contributed by atoms with Gasteiger partial charge in [0.2, 0.25) is 11.4 Å². The largest absolute Gasteiger partial charge is 0.311 e. The van der Waals surface area contributed by atoms with Crippen LogP contribution in [0.15, 0.2) is 127 Å². The van der Waals surface area contributed by atoms with Gasteiger partial charge in [-0.05, 0) is 88.3 Å². The molecule has 0 spiro atoms. The summed E-state index contributed by atoms with van der Waals surface area (Å²) < 4.78 is 8.89. The molecule has 0 N–H and O–H groups in total. The fourth-order valence-electron chi connectivity index (χ4n) is 8.15. The molecule has 11 aromatic rings. The highest BCUT2D eigenvalue weighted by Gasteiger charge is 2.22. The first kappa shape index (κ1) is 28.8. The molecule has 0 unspecified atom stereocenters.